The zero-order valence-electron chi connectivity index (χ0n) is 13.2. The van der Waals surface area contributed by atoms with Crippen LogP contribution in [-0.2, 0) is 19.0 Å². The minimum Gasteiger partial charge on any atom is -0.493 e. The van der Waals surface area contributed by atoms with Crippen molar-refractivity contribution in [1.82, 2.24) is 0 Å². The summed E-state index contributed by atoms with van der Waals surface area (Å²) in [6, 6.07) is 0. The molecule has 0 radical (unpaired) electrons. The number of rotatable bonds is 6. The van der Waals surface area contributed by atoms with Gasteiger partial charge in [0.2, 0.25) is 5.76 Å². The van der Waals surface area contributed by atoms with Crippen molar-refractivity contribution < 1.29 is 19.0 Å². The van der Waals surface area contributed by atoms with Crippen molar-refractivity contribution in [1.29, 1.82) is 0 Å². The Kier molecular flexibility index (Phi) is 6.85. The predicted molar refractivity (Wildman–Crippen MR) is 80.1 cm³/mol. The first-order chi connectivity index (χ1) is 10.2. The topological polar surface area (TPSA) is 44.8 Å². The summed E-state index contributed by atoms with van der Waals surface area (Å²) in [7, 11) is 2.90. The molecule has 1 unspecified atom stereocenters. The molecule has 0 heterocycles. The van der Waals surface area contributed by atoms with Crippen molar-refractivity contribution in [3.8, 4) is 23.7 Å². The van der Waals surface area contributed by atoms with Gasteiger partial charge in [0.1, 0.15) is 6.61 Å². The van der Waals surface area contributed by atoms with Crippen LogP contribution < -0.4 is 0 Å². The summed E-state index contributed by atoms with van der Waals surface area (Å²) in [6.07, 6.45) is 3.41. The molecule has 1 aliphatic rings. The lowest BCUT2D eigenvalue weighted by atomic mass is 9.83. The van der Waals surface area contributed by atoms with E-state index in [-0.39, 0.29) is 18.1 Å². The molecule has 0 aliphatic heterocycles. The number of carbonyl (C=O) groups is 1. The highest BCUT2D eigenvalue weighted by Crippen LogP contribution is 2.38. The first-order valence-corrected chi connectivity index (χ1v) is 7.15. The van der Waals surface area contributed by atoms with Gasteiger partial charge < -0.3 is 14.2 Å². The Morgan fingerprint density at radius 1 is 1.00 bits per heavy atom. The van der Waals surface area contributed by atoms with Crippen molar-refractivity contribution >= 4 is 5.78 Å². The minimum atomic E-state index is -1.35. The van der Waals surface area contributed by atoms with Crippen molar-refractivity contribution in [2.24, 2.45) is 0 Å². The Morgan fingerprint density at radius 2 is 1.67 bits per heavy atom. The second kappa shape index (κ2) is 8.39. The largest absolute Gasteiger partial charge is 0.493 e. The van der Waals surface area contributed by atoms with Crippen LogP contribution in [0.1, 0.15) is 39.5 Å². The van der Waals surface area contributed by atoms with Crippen LogP contribution in [0.5, 0.6) is 0 Å². The molecule has 0 saturated heterocycles. The van der Waals surface area contributed by atoms with Crippen LogP contribution >= 0.6 is 0 Å². The van der Waals surface area contributed by atoms with E-state index in [0.29, 0.717) is 12.2 Å². The molecule has 21 heavy (non-hydrogen) atoms. The summed E-state index contributed by atoms with van der Waals surface area (Å²) in [5, 5.41) is 0. The number of unbranched alkanes of at least 4 members (excludes halogenated alkanes) is 2. The molecule has 0 aromatic carbocycles. The predicted octanol–water partition coefficient (Wildman–Crippen LogP) is 2.44. The van der Waals surface area contributed by atoms with Crippen LogP contribution in [0.2, 0.25) is 0 Å². The average Bonchev–Trinajstić information content (AvgIpc) is 2.50. The molecule has 0 spiro atoms. The van der Waals surface area contributed by atoms with E-state index < -0.39 is 5.60 Å². The van der Waals surface area contributed by atoms with E-state index in [1.165, 1.54) is 14.2 Å². The van der Waals surface area contributed by atoms with E-state index in [0.717, 1.165) is 19.3 Å². The summed E-state index contributed by atoms with van der Waals surface area (Å²) in [5.41, 5.74) is -1.35. The maximum atomic E-state index is 12.3. The molecular formula is C17H22O4. The van der Waals surface area contributed by atoms with Crippen LogP contribution in [0.4, 0.5) is 0 Å². The Morgan fingerprint density at radius 3 is 2.24 bits per heavy atom. The van der Waals surface area contributed by atoms with Gasteiger partial charge in [0.05, 0.1) is 14.2 Å². The fraction of sp³-hybridized carbons (Fsp3) is 0.588. The van der Waals surface area contributed by atoms with Gasteiger partial charge in [-0.05, 0) is 12.8 Å². The number of Topliss-reactive ketones (excluding diaryl/α,β-unsaturated/α-hetero) is 1. The SMILES string of the molecule is CCCC#CCOC1(C#CCCC)C(=O)C(OC)=C1OC. The highest BCUT2D eigenvalue weighted by molar-refractivity contribution is 6.12. The lowest BCUT2D eigenvalue weighted by molar-refractivity contribution is -0.143. The number of carbonyl (C=O) groups excluding carboxylic acids is 1. The van der Waals surface area contributed by atoms with E-state index >= 15 is 0 Å². The molecule has 4 nitrogen and oxygen atoms in total. The van der Waals surface area contributed by atoms with Crippen molar-refractivity contribution in [3.05, 3.63) is 11.5 Å². The fourth-order valence-corrected chi connectivity index (χ4v) is 1.89. The third-order valence-electron chi connectivity index (χ3n) is 2.96. The Bertz CT molecular complexity index is 524. The normalized spacial score (nSPS) is 19.9. The molecule has 0 N–H and O–H groups in total. The molecule has 0 amide bonds. The zero-order chi connectivity index (χ0) is 15.7. The Hall–Kier alpha value is -1.91. The van der Waals surface area contributed by atoms with Crippen molar-refractivity contribution in [2.75, 3.05) is 20.8 Å². The fourth-order valence-electron chi connectivity index (χ4n) is 1.89. The number of hydrogen-bond donors (Lipinski definition) is 0. The second-order valence-corrected chi connectivity index (χ2v) is 4.52. The molecular weight excluding hydrogens is 268 g/mol. The standard InChI is InChI=1S/C17H22O4/c1-5-7-9-11-13-21-17(12-10-8-6-2)15(18)14(19-3)16(17)20-4/h5-8,13H2,1-4H3. The van der Waals surface area contributed by atoms with Crippen LogP contribution in [0.25, 0.3) is 0 Å². The molecule has 0 fully saturated rings. The number of methoxy groups -OCH3 is 2. The van der Waals surface area contributed by atoms with Crippen LogP contribution in [-0.4, -0.2) is 32.2 Å². The van der Waals surface area contributed by atoms with E-state index in [1.54, 1.807) is 0 Å². The van der Waals surface area contributed by atoms with Gasteiger partial charge >= 0.3 is 0 Å². The smallest absolute Gasteiger partial charge is 0.258 e. The monoisotopic (exact) mass is 290 g/mol. The summed E-state index contributed by atoms with van der Waals surface area (Å²) in [4.78, 5) is 12.3. The number of hydrogen-bond acceptors (Lipinski definition) is 4. The van der Waals surface area contributed by atoms with Crippen molar-refractivity contribution in [2.45, 2.75) is 45.1 Å². The summed E-state index contributed by atoms with van der Waals surface area (Å²) in [5.74, 6) is 11.9. The molecule has 1 atom stereocenters. The van der Waals surface area contributed by atoms with Gasteiger partial charge in [-0.3, -0.25) is 4.79 Å². The molecule has 0 aromatic heterocycles. The van der Waals surface area contributed by atoms with E-state index in [2.05, 4.69) is 30.6 Å². The summed E-state index contributed by atoms with van der Waals surface area (Å²) >= 11 is 0. The molecule has 1 rings (SSSR count). The van der Waals surface area contributed by atoms with Gasteiger partial charge in [0, 0.05) is 12.8 Å². The molecule has 114 valence electrons. The molecule has 1 aliphatic carbocycles. The lowest BCUT2D eigenvalue weighted by Gasteiger charge is -2.36. The maximum Gasteiger partial charge on any atom is 0.258 e. The molecule has 4 heteroatoms. The van der Waals surface area contributed by atoms with Crippen LogP contribution in [0, 0.1) is 23.7 Å². The average molecular weight is 290 g/mol. The molecule has 0 saturated carbocycles. The lowest BCUT2D eigenvalue weighted by Crippen LogP contribution is -2.53. The Balaban J connectivity index is 2.95. The second-order valence-electron chi connectivity index (χ2n) is 4.52. The highest BCUT2D eigenvalue weighted by Gasteiger charge is 2.58. The van der Waals surface area contributed by atoms with Gasteiger partial charge in [-0.15, -0.1) is 5.92 Å². The van der Waals surface area contributed by atoms with Gasteiger partial charge in [0.15, 0.2) is 5.76 Å². The van der Waals surface area contributed by atoms with E-state index in [9.17, 15) is 4.79 Å². The number of ketones is 1. The van der Waals surface area contributed by atoms with Gasteiger partial charge in [-0.2, -0.15) is 0 Å². The zero-order valence-corrected chi connectivity index (χ0v) is 13.2. The first kappa shape index (κ1) is 17.1. The Labute approximate surface area is 126 Å². The van der Waals surface area contributed by atoms with Gasteiger partial charge in [0.25, 0.3) is 11.4 Å². The highest BCUT2D eigenvalue weighted by atomic mass is 16.6. The summed E-state index contributed by atoms with van der Waals surface area (Å²) < 4.78 is 15.9. The van der Waals surface area contributed by atoms with Gasteiger partial charge in [-0.1, -0.05) is 31.6 Å². The molecule has 0 aromatic rings. The van der Waals surface area contributed by atoms with Crippen LogP contribution in [0.3, 0.4) is 0 Å². The van der Waals surface area contributed by atoms with Crippen LogP contribution in [0.15, 0.2) is 11.5 Å². The summed E-state index contributed by atoms with van der Waals surface area (Å²) in [6.45, 7) is 4.21. The maximum absolute atomic E-state index is 12.3. The third-order valence-corrected chi connectivity index (χ3v) is 2.96. The van der Waals surface area contributed by atoms with E-state index in [4.69, 9.17) is 14.2 Å². The quantitative estimate of drug-likeness (QED) is 0.705. The van der Waals surface area contributed by atoms with Crippen molar-refractivity contribution in [3.63, 3.8) is 0 Å². The van der Waals surface area contributed by atoms with E-state index in [1.807, 2.05) is 6.92 Å². The third kappa shape index (κ3) is 3.60. The van der Waals surface area contributed by atoms with Gasteiger partial charge in [-0.25, -0.2) is 0 Å². The first-order valence-electron chi connectivity index (χ1n) is 7.15. The number of ether oxygens (including phenoxy) is 3. The molecule has 0 bridgehead atoms. The minimum absolute atomic E-state index is 0.135.